The number of halogens is 2. The maximum atomic E-state index is 11.4. The molecule has 2 rings (SSSR count). The first-order valence-electron chi connectivity index (χ1n) is 5.30. The van der Waals surface area contributed by atoms with Crippen molar-refractivity contribution in [3.8, 4) is 0 Å². The summed E-state index contributed by atoms with van der Waals surface area (Å²) in [6, 6.07) is 0.376. The van der Waals surface area contributed by atoms with Crippen molar-refractivity contribution in [3.63, 3.8) is 0 Å². The fraction of sp³-hybridized carbons (Fsp3) is 0.600. The molecule has 0 amide bonds. The minimum atomic E-state index is -0.273. The van der Waals surface area contributed by atoms with Crippen molar-refractivity contribution in [1.82, 2.24) is 9.97 Å². The van der Waals surface area contributed by atoms with Crippen LogP contribution < -0.4 is 10.5 Å². The normalized spacial score (nSPS) is 21.1. The molecule has 88 valence electrons. The van der Waals surface area contributed by atoms with Gasteiger partial charge in [0.15, 0.2) is 5.82 Å². The predicted molar refractivity (Wildman–Crippen MR) is 68.6 cm³/mol. The molecule has 0 bridgehead atoms. The highest BCUT2D eigenvalue weighted by atomic mass is 79.9. The lowest BCUT2D eigenvalue weighted by Crippen LogP contribution is -2.42. The number of hydrogen-bond acceptors (Lipinski definition) is 3. The van der Waals surface area contributed by atoms with Crippen LogP contribution in [0.1, 0.15) is 19.3 Å². The number of nitrogens with zero attached hydrogens (tertiary/aromatic N) is 2. The van der Waals surface area contributed by atoms with Crippen molar-refractivity contribution in [2.75, 3.05) is 16.8 Å². The van der Waals surface area contributed by atoms with Gasteiger partial charge in [0.05, 0.1) is 6.33 Å². The average molecular weight is 307 g/mol. The monoisotopic (exact) mass is 305 g/mol. The molecule has 1 atom stereocenters. The van der Waals surface area contributed by atoms with Crippen LogP contribution in [0, 0.1) is 0 Å². The van der Waals surface area contributed by atoms with Crippen LogP contribution in [-0.2, 0) is 0 Å². The van der Waals surface area contributed by atoms with E-state index in [0.717, 1.165) is 24.7 Å². The Morgan fingerprint density at radius 2 is 2.44 bits per heavy atom. The van der Waals surface area contributed by atoms with Crippen LogP contribution in [-0.4, -0.2) is 27.9 Å². The molecule has 2 heterocycles. The number of anilines is 1. The molecule has 1 aliphatic heterocycles. The van der Waals surface area contributed by atoms with Crippen LogP contribution >= 0.6 is 27.5 Å². The van der Waals surface area contributed by atoms with Gasteiger partial charge in [0, 0.05) is 17.9 Å². The fourth-order valence-corrected chi connectivity index (χ4v) is 2.90. The first-order chi connectivity index (χ1) is 7.74. The predicted octanol–water partition coefficient (Wildman–Crippen LogP) is 2.18. The van der Waals surface area contributed by atoms with Crippen molar-refractivity contribution in [3.05, 3.63) is 21.7 Å². The van der Waals surface area contributed by atoms with Gasteiger partial charge >= 0.3 is 0 Å². The Morgan fingerprint density at radius 1 is 1.62 bits per heavy atom. The van der Waals surface area contributed by atoms with Gasteiger partial charge < -0.3 is 9.88 Å². The van der Waals surface area contributed by atoms with Gasteiger partial charge in [-0.1, -0.05) is 27.5 Å². The Hall–Kier alpha value is -0.550. The van der Waals surface area contributed by atoms with Crippen molar-refractivity contribution in [2.24, 2.45) is 0 Å². The Morgan fingerprint density at radius 3 is 3.19 bits per heavy atom. The fourth-order valence-electron chi connectivity index (χ4n) is 2.01. The van der Waals surface area contributed by atoms with E-state index >= 15 is 0 Å². The molecular formula is C10H13BrClN3O. The van der Waals surface area contributed by atoms with E-state index < -0.39 is 0 Å². The maximum absolute atomic E-state index is 11.4. The van der Waals surface area contributed by atoms with E-state index in [2.05, 4.69) is 30.8 Å². The molecule has 16 heavy (non-hydrogen) atoms. The number of alkyl halides is 1. The molecule has 0 radical (unpaired) electrons. The summed E-state index contributed by atoms with van der Waals surface area (Å²) >= 11 is 9.48. The average Bonchev–Trinajstić information content (AvgIpc) is 2.33. The van der Waals surface area contributed by atoms with Gasteiger partial charge in [0.25, 0.3) is 5.56 Å². The summed E-state index contributed by atoms with van der Waals surface area (Å²) in [5.74, 6) is 0.606. The Bertz CT molecular complexity index is 423. The zero-order valence-electron chi connectivity index (χ0n) is 8.75. The SMILES string of the molecule is O=c1[nH]cnc(N2CCCCC2CBr)c1Cl. The second-order valence-corrected chi connectivity index (χ2v) is 4.89. The third-order valence-corrected chi connectivity index (χ3v) is 3.94. The van der Waals surface area contributed by atoms with Gasteiger partial charge in [-0.25, -0.2) is 4.98 Å². The number of aromatic nitrogens is 2. The van der Waals surface area contributed by atoms with Crippen LogP contribution in [0.2, 0.25) is 5.02 Å². The second-order valence-electron chi connectivity index (χ2n) is 3.87. The molecule has 0 aromatic carbocycles. The van der Waals surface area contributed by atoms with E-state index in [0.29, 0.717) is 11.9 Å². The molecule has 0 saturated carbocycles. The van der Waals surface area contributed by atoms with Crippen molar-refractivity contribution in [1.29, 1.82) is 0 Å². The smallest absolute Gasteiger partial charge is 0.271 e. The third-order valence-electron chi connectivity index (χ3n) is 2.86. The molecule has 1 N–H and O–H groups in total. The van der Waals surface area contributed by atoms with Crippen LogP contribution in [0.4, 0.5) is 5.82 Å². The van der Waals surface area contributed by atoms with E-state index in [1.165, 1.54) is 12.7 Å². The number of rotatable bonds is 2. The summed E-state index contributed by atoms with van der Waals surface area (Å²) in [4.78, 5) is 20.2. The molecule has 1 aromatic rings. The number of H-pyrrole nitrogens is 1. The zero-order chi connectivity index (χ0) is 11.5. The number of aromatic amines is 1. The molecule has 1 fully saturated rings. The molecule has 1 aliphatic rings. The summed E-state index contributed by atoms with van der Waals surface area (Å²) in [5.41, 5.74) is -0.273. The molecule has 4 nitrogen and oxygen atoms in total. The molecular weight excluding hydrogens is 293 g/mol. The summed E-state index contributed by atoms with van der Waals surface area (Å²) in [7, 11) is 0. The van der Waals surface area contributed by atoms with Gasteiger partial charge in [0.2, 0.25) is 0 Å². The minimum Gasteiger partial charge on any atom is -0.351 e. The maximum Gasteiger partial charge on any atom is 0.271 e. The topological polar surface area (TPSA) is 49.0 Å². The van der Waals surface area contributed by atoms with E-state index in [-0.39, 0.29) is 10.6 Å². The molecule has 1 unspecified atom stereocenters. The highest BCUT2D eigenvalue weighted by Gasteiger charge is 2.25. The summed E-state index contributed by atoms with van der Waals surface area (Å²) in [5, 5.41) is 1.06. The van der Waals surface area contributed by atoms with Crippen LogP contribution in [0.3, 0.4) is 0 Å². The number of hydrogen-bond donors (Lipinski definition) is 1. The van der Waals surface area contributed by atoms with Crippen LogP contribution in [0.5, 0.6) is 0 Å². The lowest BCUT2D eigenvalue weighted by atomic mass is 10.0. The van der Waals surface area contributed by atoms with Crippen LogP contribution in [0.15, 0.2) is 11.1 Å². The van der Waals surface area contributed by atoms with Crippen molar-refractivity contribution < 1.29 is 0 Å². The largest absolute Gasteiger partial charge is 0.351 e. The summed E-state index contributed by atoms with van der Waals surface area (Å²) < 4.78 is 0. The number of piperidine rings is 1. The molecule has 1 saturated heterocycles. The Labute approximate surface area is 107 Å². The van der Waals surface area contributed by atoms with Gasteiger partial charge in [0.1, 0.15) is 5.02 Å². The van der Waals surface area contributed by atoms with E-state index in [1.807, 2.05) is 0 Å². The first-order valence-corrected chi connectivity index (χ1v) is 6.79. The summed E-state index contributed by atoms with van der Waals surface area (Å²) in [6.45, 7) is 0.909. The third kappa shape index (κ3) is 2.25. The molecule has 0 aliphatic carbocycles. The quantitative estimate of drug-likeness (QED) is 0.852. The van der Waals surface area contributed by atoms with Gasteiger partial charge in [-0.05, 0) is 19.3 Å². The van der Waals surface area contributed by atoms with Crippen molar-refractivity contribution >= 4 is 33.3 Å². The lowest BCUT2D eigenvalue weighted by Gasteiger charge is -2.35. The molecule has 6 heteroatoms. The summed E-state index contributed by atoms with van der Waals surface area (Å²) in [6.07, 6.45) is 4.85. The first kappa shape index (κ1) is 11.9. The highest BCUT2D eigenvalue weighted by molar-refractivity contribution is 9.09. The van der Waals surface area contributed by atoms with E-state index in [4.69, 9.17) is 11.6 Å². The molecule has 0 spiro atoms. The highest BCUT2D eigenvalue weighted by Crippen LogP contribution is 2.27. The van der Waals surface area contributed by atoms with E-state index in [1.54, 1.807) is 0 Å². The van der Waals surface area contributed by atoms with Crippen molar-refractivity contribution in [2.45, 2.75) is 25.3 Å². The lowest BCUT2D eigenvalue weighted by molar-refractivity contribution is 0.487. The number of nitrogens with one attached hydrogen (secondary N) is 1. The van der Waals surface area contributed by atoms with Crippen LogP contribution in [0.25, 0.3) is 0 Å². The second kappa shape index (κ2) is 5.19. The zero-order valence-corrected chi connectivity index (χ0v) is 11.1. The van der Waals surface area contributed by atoms with Gasteiger partial charge in [-0.3, -0.25) is 4.79 Å². The Kier molecular flexibility index (Phi) is 3.86. The van der Waals surface area contributed by atoms with Gasteiger partial charge in [-0.15, -0.1) is 0 Å². The standard InChI is InChI=1S/C10H13BrClN3O/c11-5-7-3-1-2-4-15(7)9-8(12)10(16)14-6-13-9/h6-7H,1-5H2,(H,13,14,16). The minimum absolute atomic E-state index is 0.190. The van der Waals surface area contributed by atoms with E-state index in [9.17, 15) is 4.79 Å². The van der Waals surface area contributed by atoms with Gasteiger partial charge in [-0.2, -0.15) is 0 Å². The Balaban J connectivity index is 2.34. The molecule has 1 aromatic heterocycles.